The summed E-state index contributed by atoms with van der Waals surface area (Å²) in [6, 6.07) is 11.7. The van der Waals surface area contributed by atoms with Crippen LogP contribution in [0.3, 0.4) is 0 Å². The van der Waals surface area contributed by atoms with Gasteiger partial charge in [-0.15, -0.1) is 0 Å². The Morgan fingerprint density at radius 1 is 1.04 bits per heavy atom. The largest absolute Gasteiger partial charge is 0.481 e. The van der Waals surface area contributed by atoms with Gasteiger partial charge in [-0.3, -0.25) is 9.59 Å². The molecule has 1 atom stereocenters. The molecule has 7 heteroatoms. The number of hydrogen-bond donors (Lipinski definition) is 3. The molecule has 1 unspecified atom stereocenters. The minimum Gasteiger partial charge on any atom is -0.481 e. The number of aryl methyl sites for hydroxylation is 1. The molecule has 1 amide bonds. The molecule has 2 aromatic carbocycles. The van der Waals surface area contributed by atoms with Crippen LogP contribution in [0.25, 0.3) is 0 Å². The van der Waals surface area contributed by atoms with Gasteiger partial charge in [0.1, 0.15) is 0 Å². The van der Waals surface area contributed by atoms with Crippen molar-refractivity contribution in [3.05, 3.63) is 70.2 Å². The standard InChI is InChI=1S/C19H18ClNO5/c20-14-10-9-12(7-4-8-16(22)23)15(11-14)17(19(25)26)21-18(24)13-5-2-1-3-6-13/h1-3,5-6,9-11,17H,4,7-8H2,(H,21,24)(H,22,23)(H,25,26). The molecule has 0 aliphatic heterocycles. The van der Waals surface area contributed by atoms with E-state index in [1.807, 2.05) is 0 Å². The Morgan fingerprint density at radius 2 is 1.73 bits per heavy atom. The maximum absolute atomic E-state index is 12.3. The van der Waals surface area contributed by atoms with Gasteiger partial charge < -0.3 is 15.5 Å². The molecule has 0 radical (unpaired) electrons. The van der Waals surface area contributed by atoms with Crippen molar-refractivity contribution in [1.82, 2.24) is 5.32 Å². The van der Waals surface area contributed by atoms with Crippen LogP contribution in [0, 0.1) is 0 Å². The first-order valence-electron chi connectivity index (χ1n) is 7.97. The first kappa shape index (κ1) is 19.5. The summed E-state index contributed by atoms with van der Waals surface area (Å²) in [6.45, 7) is 0. The Hall–Kier alpha value is -2.86. The Morgan fingerprint density at radius 3 is 2.35 bits per heavy atom. The van der Waals surface area contributed by atoms with Crippen LogP contribution in [0.4, 0.5) is 0 Å². The van der Waals surface area contributed by atoms with E-state index in [0.29, 0.717) is 34.6 Å². The molecule has 0 heterocycles. The van der Waals surface area contributed by atoms with Gasteiger partial charge in [-0.1, -0.05) is 35.9 Å². The summed E-state index contributed by atoms with van der Waals surface area (Å²) in [7, 11) is 0. The predicted octanol–water partition coefficient (Wildman–Crippen LogP) is 3.30. The van der Waals surface area contributed by atoms with Crippen molar-refractivity contribution in [3.8, 4) is 0 Å². The van der Waals surface area contributed by atoms with Crippen LogP contribution in [0.1, 0.15) is 40.4 Å². The van der Waals surface area contributed by atoms with Crippen LogP contribution in [-0.2, 0) is 16.0 Å². The first-order valence-corrected chi connectivity index (χ1v) is 8.35. The molecular weight excluding hydrogens is 358 g/mol. The second-order valence-electron chi connectivity index (χ2n) is 5.70. The molecule has 6 nitrogen and oxygen atoms in total. The fourth-order valence-electron chi connectivity index (χ4n) is 2.57. The van der Waals surface area contributed by atoms with Gasteiger partial charge >= 0.3 is 11.9 Å². The Bertz CT molecular complexity index is 807. The number of carboxylic acids is 2. The van der Waals surface area contributed by atoms with Crippen molar-refractivity contribution in [2.24, 2.45) is 0 Å². The number of benzene rings is 2. The third-order valence-corrected chi connectivity index (χ3v) is 4.05. The summed E-state index contributed by atoms with van der Waals surface area (Å²) in [4.78, 5) is 34.8. The van der Waals surface area contributed by atoms with Crippen molar-refractivity contribution >= 4 is 29.4 Å². The maximum atomic E-state index is 12.3. The fourth-order valence-corrected chi connectivity index (χ4v) is 2.75. The molecule has 0 fully saturated rings. The zero-order valence-electron chi connectivity index (χ0n) is 13.8. The summed E-state index contributed by atoms with van der Waals surface area (Å²) >= 11 is 6.00. The molecular formula is C19H18ClNO5. The van der Waals surface area contributed by atoms with E-state index in [2.05, 4.69) is 5.32 Å². The van der Waals surface area contributed by atoms with Crippen LogP contribution in [0.15, 0.2) is 48.5 Å². The number of amides is 1. The van der Waals surface area contributed by atoms with E-state index in [1.165, 1.54) is 6.07 Å². The second-order valence-corrected chi connectivity index (χ2v) is 6.14. The van der Waals surface area contributed by atoms with Gasteiger partial charge in [0.2, 0.25) is 0 Å². The van der Waals surface area contributed by atoms with Gasteiger partial charge in [-0.2, -0.15) is 0 Å². The summed E-state index contributed by atoms with van der Waals surface area (Å²) in [5.41, 5.74) is 1.32. The van der Waals surface area contributed by atoms with E-state index < -0.39 is 23.9 Å². The average Bonchev–Trinajstić information content (AvgIpc) is 2.61. The second kappa shape index (κ2) is 9.01. The molecule has 2 rings (SSSR count). The van der Waals surface area contributed by atoms with E-state index in [1.54, 1.807) is 42.5 Å². The predicted molar refractivity (Wildman–Crippen MR) is 96.3 cm³/mol. The number of aliphatic carboxylic acids is 2. The highest BCUT2D eigenvalue weighted by atomic mass is 35.5. The average molecular weight is 376 g/mol. The highest BCUT2D eigenvalue weighted by Crippen LogP contribution is 2.25. The topological polar surface area (TPSA) is 104 Å². The van der Waals surface area contributed by atoms with Crippen LogP contribution >= 0.6 is 11.6 Å². The molecule has 0 saturated carbocycles. The zero-order chi connectivity index (χ0) is 19.1. The summed E-state index contributed by atoms with van der Waals surface area (Å²) in [5.74, 6) is -2.67. The minimum atomic E-state index is -1.29. The molecule has 0 aromatic heterocycles. The normalized spacial score (nSPS) is 11.6. The number of nitrogens with one attached hydrogen (secondary N) is 1. The Kier molecular flexibility index (Phi) is 6.74. The van der Waals surface area contributed by atoms with Crippen molar-refractivity contribution in [2.45, 2.75) is 25.3 Å². The summed E-state index contributed by atoms with van der Waals surface area (Å²) in [6.07, 6.45) is 0.683. The van der Waals surface area contributed by atoms with Crippen LogP contribution in [0.5, 0.6) is 0 Å². The Balaban J connectivity index is 2.28. The van der Waals surface area contributed by atoms with Gasteiger partial charge in [-0.05, 0) is 48.2 Å². The monoisotopic (exact) mass is 375 g/mol. The number of carbonyl (C=O) groups is 3. The smallest absolute Gasteiger partial charge is 0.330 e. The fraction of sp³-hybridized carbons (Fsp3) is 0.211. The van der Waals surface area contributed by atoms with Gasteiger partial charge in [0.05, 0.1) is 0 Å². The maximum Gasteiger partial charge on any atom is 0.330 e. The molecule has 0 spiro atoms. The molecule has 0 aliphatic rings. The molecule has 26 heavy (non-hydrogen) atoms. The molecule has 0 aliphatic carbocycles. The number of rotatable bonds is 8. The zero-order valence-corrected chi connectivity index (χ0v) is 14.6. The number of carboxylic acid groups (broad SMARTS) is 2. The molecule has 2 aromatic rings. The lowest BCUT2D eigenvalue weighted by molar-refractivity contribution is -0.139. The highest BCUT2D eigenvalue weighted by Gasteiger charge is 2.25. The summed E-state index contributed by atoms with van der Waals surface area (Å²) < 4.78 is 0. The number of carbonyl (C=O) groups excluding carboxylic acids is 1. The van der Waals surface area contributed by atoms with Crippen LogP contribution in [0.2, 0.25) is 5.02 Å². The number of hydrogen-bond acceptors (Lipinski definition) is 3. The third-order valence-electron chi connectivity index (χ3n) is 3.81. The van der Waals surface area contributed by atoms with Crippen molar-refractivity contribution in [2.75, 3.05) is 0 Å². The van der Waals surface area contributed by atoms with Crippen LogP contribution in [-0.4, -0.2) is 28.1 Å². The number of halogens is 1. The van der Waals surface area contributed by atoms with E-state index >= 15 is 0 Å². The van der Waals surface area contributed by atoms with E-state index in [-0.39, 0.29) is 6.42 Å². The van der Waals surface area contributed by atoms with Crippen LogP contribution < -0.4 is 5.32 Å². The van der Waals surface area contributed by atoms with E-state index in [4.69, 9.17) is 16.7 Å². The highest BCUT2D eigenvalue weighted by molar-refractivity contribution is 6.30. The SMILES string of the molecule is O=C(O)CCCc1ccc(Cl)cc1C(NC(=O)c1ccccc1)C(=O)O. The van der Waals surface area contributed by atoms with E-state index in [9.17, 15) is 19.5 Å². The third kappa shape index (κ3) is 5.32. The Labute approximate surface area is 155 Å². The molecule has 3 N–H and O–H groups in total. The minimum absolute atomic E-state index is 0.0316. The van der Waals surface area contributed by atoms with Crippen molar-refractivity contribution < 1.29 is 24.6 Å². The van der Waals surface area contributed by atoms with Gasteiger partial charge in [0.15, 0.2) is 6.04 Å². The first-order chi connectivity index (χ1) is 12.4. The van der Waals surface area contributed by atoms with Crippen molar-refractivity contribution in [1.29, 1.82) is 0 Å². The summed E-state index contributed by atoms with van der Waals surface area (Å²) in [5, 5.41) is 21.2. The molecule has 0 bridgehead atoms. The lowest BCUT2D eigenvalue weighted by Crippen LogP contribution is -2.34. The lowest BCUT2D eigenvalue weighted by atomic mass is 9.96. The quantitative estimate of drug-likeness (QED) is 0.656. The van der Waals surface area contributed by atoms with Gasteiger partial charge in [-0.25, -0.2) is 4.79 Å². The van der Waals surface area contributed by atoms with Gasteiger partial charge in [0.25, 0.3) is 5.91 Å². The van der Waals surface area contributed by atoms with Crippen molar-refractivity contribution in [3.63, 3.8) is 0 Å². The molecule has 0 saturated heterocycles. The lowest BCUT2D eigenvalue weighted by Gasteiger charge is -2.19. The van der Waals surface area contributed by atoms with Gasteiger partial charge in [0, 0.05) is 17.0 Å². The van der Waals surface area contributed by atoms with E-state index in [0.717, 1.165) is 0 Å². The molecule has 136 valence electrons.